The highest BCUT2D eigenvalue weighted by atomic mass is 16.2. The lowest BCUT2D eigenvalue weighted by Gasteiger charge is -1.96. The van der Waals surface area contributed by atoms with Crippen molar-refractivity contribution in [1.29, 1.82) is 5.41 Å². The molecule has 0 fully saturated rings. The summed E-state index contributed by atoms with van der Waals surface area (Å²) >= 11 is 0. The second-order valence-electron chi connectivity index (χ2n) is 1.44. The van der Waals surface area contributed by atoms with Crippen LogP contribution in [0.4, 0.5) is 0 Å². The van der Waals surface area contributed by atoms with E-state index in [0.29, 0.717) is 6.42 Å². The van der Waals surface area contributed by atoms with Crippen molar-refractivity contribution < 1.29 is 5.11 Å². The first-order valence-electron chi connectivity index (χ1n) is 2.25. The summed E-state index contributed by atoms with van der Waals surface area (Å²) in [6, 6.07) is 0. The lowest BCUT2D eigenvalue weighted by molar-refractivity contribution is 0.282. The predicted molar refractivity (Wildman–Crippen MR) is 29.3 cm³/mol. The van der Waals surface area contributed by atoms with Crippen molar-refractivity contribution in [1.82, 2.24) is 0 Å². The quantitative estimate of drug-likeness (QED) is 0.497. The van der Waals surface area contributed by atoms with Crippen molar-refractivity contribution in [2.45, 2.75) is 6.42 Å². The molecule has 7 heavy (non-hydrogen) atoms. The van der Waals surface area contributed by atoms with Gasteiger partial charge in [-0.3, -0.25) is 0 Å². The monoisotopic (exact) mass is 100 g/mol. The van der Waals surface area contributed by atoms with Crippen molar-refractivity contribution in [2.75, 3.05) is 6.61 Å². The number of aliphatic hydroxyl groups excluding tert-OH is 1. The molecule has 0 aromatic carbocycles. The molecule has 1 unspecified atom stereocenters. The van der Waals surface area contributed by atoms with Crippen molar-refractivity contribution in [3.05, 3.63) is 6.92 Å². The summed E-state index contributed by atoms with van der Waals surface area (Å²) in [6.45, 7) is 3.67. The van der Waals surface area contributed by atoms with Crippen LogP contribution in [0.2, 0.25) is 0 Å². The highest BCUT2D eigenvalue weighted by Gasteiger charge is 1.91. The Morgan fingerprint density at radius 2 is 2.43 bits per heavy atom. The summed E-state index contributed by atoms with van der Waals surface area (Å²) in [5.41, 5.74) is 0. The molecule has 0 aliphatic rings. The van der Waals surface area contributed by atoms with Crippen LogP contribution in [0.15, 0.2) is 0 Å². The van der Waals surface area contributed by atoms with E-state index in [4.69, 9.17) is 10.5 Å². The van der Waals surface area contributed by atoms with E-state index in [9.17, 15) is 0 Å². The van der Waals surface area contributed by atoms with Gasteiger partial charge in [0.15, 0.2) is 0 Å². The van der Waals surface area contributed by atoms with Gasteiger partial charge in [0, 0.05) is 6.61 Å². The molecule has 0 saturated carbocycles. The Balaban J connectivity index is 2.98. The molecule has 0 aromatic rings. The zero-order valence-corrected chi connectivity index (χ0v) is 4.22. The highest BCUT2D eigenvalue weighted by Crippen LogP contribution is 1.92. The maximum absolute atomic E-state index is 8.22. The number of hydrogen-bond donors (Lipinski definition) is 2. The molecule has 0 heterocycles. The number of hydrogen-bond acceptors (Lipinski definition) is 2. The maximum atomic E-state index is 8.22. The third kappa shape index (κ3) is 3.46. The summed E-state index contributed by atoms with van der Waals surface area (Å²) in [5.74, 6) is -0.00926. The Morgan fingerprint density at radius 3 is 2.57 bits per heavy atom. The lowest BCUT2D eigenvalue weighted by Crippen LogP contribution is -1.97. The van der Waals surface area contributed by atoms with E-state index in [1.54, 1.807) is 0 Å². The van der Waals surface area contributed by atoms with Crippen molar-refractivity contribution >= 4 is 6.21 Å². The second-order valence-corrected chi connectivity index (χ2v) is 1.44. The van der Waals surface area contributed by atoms with Crippen LogP contribution in [0, 0.1) is 18.3 Å². The van der Waals surface area contributed by atoms with E-state index in [2.05, 4.69) is 6.92 Å². The fraction of sp³-hybridized carbons (Fsp3) is 0.600. The summed E-state index contributed by atoms with van der Waals surface area (Å²) in [6.07, 6.45) is 1.83. The molecule has 2 nitrogen and oxygen atoms in total. The lowest BCUT2D eigenvalue weighted by atomic mass is 10.1. The van der Waals surface area contributed by atoms with Crippen molar-refractivity contribution in [2.24, 2.45) is 5.92 Å². The van der Waals surface area contributed by atoms with Gasteiger partial charge in [0.2, 0.25) is 0 Å². The Hall–Kier alpha value is -0.370. The molecule has 0 rings (SSSR count). The average molecular weight is 100 g/mol. The molecular weight excluding hydrogens is 90.1 g/mol. The van der Waals surface area contributed by atoms with Crippen LogP contribution in [0.5, 0.6) is 0 Å². The van der Waals surface area contributed by atoms with Crippen molar-refractivity contribution in [3.8, 4) is 0 Å². The van der Waals surface area contributed by atoms with Crippen LogP contribution in [0.1, 0.15) is 6.42 Å². The first kappa shape index (κ1) is 6.63. The standard InChI is InChI=1S/C5H10NO/c1-5(4-6)2-3-7/h4-7H,1-3H2. The Bertz CT molecular complexity index is 54.0. The van der Waals surface area contributed by atoms with E-state index in [0.717, 1.165) is 0 Å². The van der Waals surface area contributed by atoms with Gasteiger partial charge >= 0.3 is 0 Å². The topological polar surface area (TPSA) is 44.1 Å². The first-order chi connectivity index (χ1) is 3.31. The molecule has 0 amide bonds. The Kier molecular flexibility index (Phi) is 3.61. The van der Waals surface area contributed by atoms with Crippen LogP contribution < -0.4 is 0 Å². The molecule has 0 aliphatic carbocycles. The van der Waals surface area contributed by atoms with Crippen molar-refractivity contribution in [3.63, 3.8) is 0 Å². The summed E-state index contributed by atoms with van der Waals surface area (Å²) in [4.78, 5) is 0. The van der Waals surface area contributed by atoms with Crippen LogP contribution >= 0.6 is 0 Å². The summed E-state index contributed by atoms with van der Waals surface area (Å²) in [7, 11) is 0. The predicted octanol–water partition coefficient (Wildman–Crippen LogP) is 0.469. The summed E-state index contributed by atoms with van der Waals surface area (Å²) in [5, 5.41) is 14.8. The Morgan fingerprint density at radius 1 is 1.86 bits per heavy atom. The molecule has 0 spiro atoms. The van der Waals surface area contributed by atoms with Crippen LogP contribution in [-0.4, -0.2) is 17.9 Å². The molecular formula is C5H10NO. The van der Waals surface area contributed by atoms with Gasteiger partial charge in [-0.05, 0) is 25.5 Å². The molecule has 2 N–H and O–H groups in total. The smallest absolute Gasteiger partial charge is 0.0437 e. The molecule has 0 saturated heterocycles. The third-order valence-electron chi connectivity index (χ3n) is 0.736. The third-order valence-corrected chi connectivity index (χ3v) is 0.736. The van der Waals surface area contributed by atoms with E-state index in [1.165, 1.54) is 6.21 Å². The van der Waals surface area contributed by atoms with E-state index in [-0.39, 0.29) is 12.5 Å². The van der Waals surface area contributed by atoms with Gasteiger partial charge in [0.25, 0.3) is 0 Å². The molecule has 1 atom stereocenters. The minimum atomic E-state index is -0.00926. The van der Waals surface area contributed by atoms with Gasteiger partial charge in [0.05, 0.1) is 0 Å². The van der Waals surface area contributed by atoms with E-state index in [1.807, 2.05) is 0 Å². The maximum Gasteiger partial charge on any atom is 0.0437 e. The molecule has 41 valence electrons. The minimum absolute atomic E-state index is 0.00926. The normalized spacial score (nSPS) is 13.4. The highest BCUT2D eigenvalue weighted by molar-refractivity contribution is 5.57. The van der Waals surface area contributed by atoms with Gasteiger partial charge in [-0.15, -0.1) is 0 Å². The minimum Gasteiger partial charge on any atom is -0.396 e. The number of rotatable bonds is 3. The molecule has 0 aromatic heterocycles. The second kappa shape index (κ2) is 3.81. The zero-order valence-electron chi connectivity index (χ0n) is 4.22. The summed E-state index contributed by atoms with van der Waals surface area (Å²) < 4.78 is 0. The van der Waals surface area contributed by atoms with E-state index < -0.39 is 0 Å². The zero-order chi connectivity index (χ0) is 5.70. The fourth-order valence-electron chi connectivity index (χ4n) is 0.249. The van der Waals surface area contributed by atoms with Crippen LogP contribution in [-0.2, 0) is 0 Å². The van der Waals surface area contributed by atoms with E-state index >= 15 is 0 Å². The molecule has 0 bridgehead atoms. The molecule has 0 aliphatic heterocycles. The average Bonchev–Trinajstić information content (AvgIpc) is 1.68. The first-order valence-corrected chi connectivity index (χ1v) is 2.25. The van der Waals surface area contributed by atoms with Gasteiger partial charge in [-0.2, -0.15) is 0 Å². The van der Waals surface area contributed by atoms with Gasteiger partial charge < -0.3 is 10.5 Å². The number of aliphatic hydroxyl groups is 1. The SMILES string of the molecule is [CH2]C(C=N)CCO. The molecule has 1 radical (unpaired) electrons. The van der Waals surface area contributed by atoms with Gasteiger partial charge in [-0.1, -0.05) is 0 Å². The molecule has 2 heteroatoms. The van der Waals surface area contributed by atoms with Gasteiger partial charge in [-0.25, -0.2) is 0 Å². The van der Waals surface area contributed by atoms with Crippen LogP contribution in [0.25, 0.3) is 0 Å². The Labute approximate surface area is 43.7 Å². The van der Waals surface area contributed by atoms with Crippen LogP contribution in [0.3, 0.4) is 0 Å². The largest absolute Gasteiger partial charge is 0.396 e. The fourth-order valence-corrected chi connectivity index (χ4v) is 0.249. The number of nitrogens with one attached hydrogen (secondary N) is 1. The van der Waals surface area contributed by atoms with Gasteiger partial charge in [0.1, 0.15) is 0 Å².